The first-order valence-electron chi connectivity index (χ1n) is 11.5. The van der Waals surface area contributed by atoms with E-state index in [9.17, 15) is 9.59 Å². The Morgan fingerprint density at radius 2 is 1.07 bits per heavy atom. The number of ketones is 2. The second-order valence-corrected chi connectivity index (χ2v) is 11.7. The van der Waals surface area contributed by atoms with E-state index in [0.717, 1.165) is 49.7 Å². The summed E-state index contributed by atoms with van der Waals surface area (Å²) in [6, 6.07) is 8.75. The quantitative estimate of drug-likeness (QED) is 0.588. The molecule has 4 saturated carbocycles. The highest BCUT2D eigenvalue weighted by Crippen LogP contribution is 2.67. The highest BCUT2D eigenvalue weighted by molar-refractivity contribution is 6.05. The Balaban J connectivity index is 1.40. The summed E-state index contributed by atoms with van der Waals surface area (Å²) in [6.07, 6.45) is 5.70. The van der Waals surface area contributed by atoms with E-state index in [0.29, 0.717) is 23.4 Å². The maximum absolute atomic E-state index is 13.1. The number of fused-ring (bicyclic) bond motifs is 4. The van der Waals surface area contributed by atoms with E-state index in [1.165, 1.54) is 11.1 Å². The van der Waals surface area contributed by atoms with E-state index < -0.39 is 0 Å². The average molecular weight is 403 g/mol. The van der Waals surface area contributed by atoms with Gasteiger partial charge >= 0.3 is 0 Å². The first-order chi connectivity index (χ1) is 14.0. The number of rotatable bonds is 4. The highest BCUT2D eigenvalue weighted by atomic mass is 16.1. The van der Waals surface area contributed by atoms with E-state index in [4.69, 9.17) is 0 Å². The minimum absolute atomic E-state index is 0.0156. The third-order valence-electron chi connectivity index (χ3n) is 10.3. The maximum atomic E-state index is 13.1. The van der Waals surface area contributed by atoms with Gasteiger partial charge in [0.2, 0.25) is 0 Å². The molecule has 0 spiro atoms. The summed E-state index contributed by atoms with van der Waals surface area (Å²) in [5.74, 6) is 1.26. The number of allylic oxidation sites excluding steroid dienone is 2. The van der Waals surface area contributed by atoms with Gasteiger partial charge in [0, 0.05) is 10.8 Å². The molecule has 4 atom stereocenters. The van der Waals surface area contributed by atoms with Gasteiger partial charge in [0.25, 0.3) is 0 Å². The van der Waals surface area contributed by atoms with Crippen LogP contribution < -0.4 is 0 Å². The van der Waals surface area contributed by atoms with Gasteiger partial charge in [-0.25, -0.2) is 0 Å². The molecule has 0 aromatic heterocycles. The van der Waals surface area contributed by atoms with Crippen molar-refractivity contribution in [1.29, 1.82) is 0 Å². The van der Waals surface area contributed by atoms with Gasteiger partial charge in [-0.15, -0.1) is 0 Å². The lowest BCUT2D eigenvalue weighted by Crippen LogP contribution is -2.38. The first kappa shape index (κ1) is 20.0. The molecule has 4 aliphatic carbocycles. The average Bonchev–Trinajstić information content (AvgIpc) is 3.19. The third-order valence-corrected chi connectivity index (χ3v) is 10.3. The normalized spacial score (nSPS) is 38.1. The van der Waals surface area contributed by atoms with E-state index in [1.54, 1.807) is 0 Å². The molecule has 4 unspecified atom stereocenters. The molecule has 1 aromatic carbocycles. The van der Waals surface area contributed by atoms with Crippen molar-refractivity contribution in [2.75, 3.05) is 0 Å². The fraction of sp³-hybridized carbons (Fsp3) is 0.571. The van der Waals surface area contributed by atoms with Gasteiger partial charge in [-0.1, -0.05) is 65.1 Å². The van der Waals surface area contributed by atoms with Crippen molar-refractivity contribution in [3.63, 3.8) is 0 Å². The number of benzene rings is 1. The van der Waals surface area contributed by atoms with E-state index in [1.807, 2.05) is 0 Å². The Morgan fingerprint density at radius 3 is 1.33 bits per heavy atom. The monoisotopic (exact) mass is 402 g/mol. The van der Waals surface area contributed by atoms with Gasteiger partial charge in [-0.2, -0.15) is 0 Å². The lowest BCUT2D eigenvalue weighted by molar-refractivity contribution is -0.127. The highest BCUT2D eigenvalue weighted by Gasteiger charge is 2.66. The number of hydrogen-bond donors (Lipinski definition) is 0. The zero-order valence-electron chi connectivity index (χ0n) is 18.9. The van der Waals surface area contributed by atoms with Crippen molar-refractivity contribution in [1.82, 2.24) is 0 Å². The van der Waals surface area contributed by atoms with Crippen molar-refractivity contribution in [3.05, 3.63) is 59.7 Å². The Bertz CT molecular complexity index is 911. The zero-order chi connectivity index (χ0) is 21.7. The van der Waals surface area contributed by atoms with Crippen LogP contribution in [0.2, 0.25) is 0 Å². The van der Waals surface area contributed by atoms with E-state index in [-0.39, 0.29) is 21.7 Å². The van der Waals surface area contributed by atoms with Crippen LogP contribution >= 0.6 is 0 Å². The van der Waals surface area contributed by atoms with Crippen LogP contribution in [0.5, 0.6) is 0 Å². The summed E-state index contributed by atoms with van der Waals surface area (Å²) in [4.78, 5) is 26.2. The van der Waals surface area contributed by atoms with Gasteiger partial charge in [0.05, 0.1) is 0 Å². The van der Waals surface area contributed by atoms with Crippen molar-refractivity contribution in [2.45, 2.75) is 66.2 Å². The molecule has 2 nitrogen and oxygen atoms in total. The smallest absolute Gasteiger partial charge is 0.165 e. The molecule has 4 bridgehead atoms. The van der Waals surface area contributed by atoms with Crippen LogP contribution in [-0.4, -0.2) is 11.6 Å². The van der Waals surface area contributed by atoms with Crippen LogP contribution in [-0.2, 0) is 22.4 Å². The van der Waals surface area contributed by atoms with Gasteiger partial charge in [-0.05, 0) is 83.5 Å². The van der Waals surface area contributed by atoms with Gasteiger partial charge in [0.15, 0.2) is 11.6 Å². The van der Waals surface area contributed by atoms with Gasteiger partial charge < -0.3 is 0 Å². The lowest BCUT2D eigenvalue weighted by Gasteiger charge is -2.37. The van der Waals surface area contributed by atoms with E-state index >= 15 is 0 Å². The van der Waals surface area contributed by atoms with Crippen molar-refractivity contribution in [2.24, 2.45) is 33.5 Å². The van der Waals surface area contributed by atoms with Crippen LogP contribution in [0, 0.1) is 33.5 Å². The fourth-order valence-corrected chi connectivity index (χ4v) is 8.04. The predicted octanol–water partition coefficient (Wildman–Crippen LogP) is 5.89. The van der Waals surface area contributed by atoms with Crippen LogP contribution in [0.15, 0.2) is 48.6 Å². The molecule has 0 radical (unpaired) electrons. The summed E-state index contributed by atoms with van der Waals surface area (Å²) in [6.45, 7) is 17.3. The SMILES string of the molecule is C=C1C(=O)C2(Cc3ccc(CC45CCC(C(=C)C4=O)C5(C)C)cc3)CCC1C2(C)C. The number of carbonyl (C=O) groups excluding carboxylic acids is 2. The van der Waals surface area contributed by atoms with Crippen LogP contribution in [0.3, 0.4) is 0 Å². The van der Waals surface area contributed by atoms with E-state index in [2.05, 4.69) is 65.1 Å². The molecule has 5 rings (SSSR count). The third kappa shape index (κ3) is 2.11. The second-order valence-electron chi connectivity index (χ2n) is 11.7. The molecular weight excluding hydrogens is 368 g/mol. The number of carbonyl (C=O) groups is 2. The number of hydrogen-bond acceptors (Lipinski definition) is 2. The predicted molar refractivity (Wildman–Crippen MR) is 120 cm³/mol. The summed E-state index contributed by atoms with van der Waals surface area (Å²) in [5, 5.41) is 0. The van der Waals surface area contributed by atoms with Crippen LogP contribution in [0.25, 0.3) is 0 Å². The van der Waals surface area contributed by atoms with Crippen molar-refractivity contribution >= 4 is 11.6 Å². The Hall–Kier alpha value is -1.96. The molecule has 0 amide bonds. The first-order valence-corrected chi connectivity index (χ1v) is 11.5. The summed E-state index contributed by atoms with van der Waals surface area (Å²) >= 11 is 0. The number of Topliss-reactive ketones (excluding diaryl/α,β-unsaturated/α-hetero) is 2. The van der Waals surface area contributed by atoms with Gasteiger partial charge in [-0.3, -0.25) is 9.59 Å². The fourth-order valence-electron chi connectivity index (χ4n) is 8.04. The molecule has 158 valence electrons. The molecular formula is C28H34O2. The lowest BCUT2D eigenvalue weighted by atomic mass is 9.65. The Labute approximate surface area is 180 Å². The Kier molecular flexibility index (Phi) is 3.89. The maximum Gasteiger partial charge on any atom is 0.165 e. The minimum atomic E-state index is -0.297. The van der Waals surface area contributed by atoms with Crippen molar-refractivity contribution in [3.8, 4) is 0 Å². The minimum Gasteiger partial charge on any atom is -0.294 e. The van der Waals surface area contributed by atoms with Gasteiger partial charge in [0.1, 0.15) is 0 Å². The molecule has 1 aromatic rings. The van der Waals surface area contributed by atoms with Crippen LogP contribution in [0.4, 0.5) is 0 Å². The standard InChI is InChI=1S/C28H34O2/c1-17-21-11-13-27(23(17)29,25(21,3)4)15-19-7-9-20(10-8-19)16-28-14-12-22(26(28,5)6)18(2)24(28)30/h7-10,21-22H,1-2,11-16H2,3-6H3. The zero-order valence-corrected chi connectivity index (χ0v) is 18.9. The molecule has 0 saturated heterocycles. The molecule has 4 fully saturated rings. The second kappa shape index (κ2) is 5.84. The molecule has 0 heterocycles. The summed E-state index contributed by atoms with van der Waals surface area (Å²) in [7, 11) is 0. The largest absolute Gasteiger partial charge is 0.294 e. The topological polar surface area (TPSA) is 34.1 Å². The van der Waals surface area contributed by atoms with Crippen molar-refractivity contribution < 1.29 is 9.59 Å². The molecule has 0 aliphatic heterocycles. The molecule has 4 aliphatic rings. The molecule has 2 heteroatoms. The molecule has 30 heavy (non-hydrogen) atoms. The molecule has 0 N–H and O–H groups in total. The Morgan fingerprint density at radius 1 is 0.733 bits per heavy atom. The van der Waals surface area contributed by atoms with Crippen LogP contribution in [0.1, 0.15) is 64.5 Å². The summed E-state index contributed by atoms with van der Waals surface area (Å²) in [5.41, 5.74) is 3.51. The summed E-state index contributed by atoms with van der Waals surface area (Å²) < 4.78 is 0.